The van der Waals surface area contributed by atoms with Gasteiger partial charge in [-0.3, -0.25) is 9.82 Å². The van der Waals surface area contributed by atoms with Crippen LogP contribution < -0.4 is 4.72 Å². The molecule has 0 saturated heterocycles. The smallest absolute Gasteiger partial charge is 0.265 e. The molecule has 1 aromatic carbocycles. The Morgan fingerprint density at radius 1 is 1.24 bits per heavy atom. The molecule has 2 N–H and O–H groups in total. The van der Waals surface area contributed by atoms with Crippen molar-refractivity contribution < 1.29 is 21.2 Å². The van der Waals surface area contributed by atoms with Crippen molar-refractivity contribution in [2.75, 3.05) is 11.0 Å². The van der Waals surface area contributed by atoms with E-state index in [1.165, 1.54) is 6.92 Å². The predicted molar refractivity (Wildman–Crippen MR) is 73.6 cm³/mol. The van der Waals surface area contributed by atoms with Crippen molar-refractivity contribution in [2.45, 2.75) is 16.7 Å². The van der Waals surface area contributed by atoms with E-state index in [2.05, 4.69) is 10.2 Å². The number of sulfonamides is 1. The second-order valence-corrected chi connectivity index (χ2v) is 8.05. The van der Waals surface area contributed by atoms with Crippen LogP contribution in [-0.4, -0.2) is 33.3 Å². The summed E-state index contributed by atoms with van der Waals surface area (Å²) in [4.78, 5) is -0.336. The highest BCUT2D eigenvalue weighted by molar-refractivity contribution is 7.92. The second kappa shape index (κ2) is 5.11. The van der Waals surface area contributed by atoms with Gasteiger partial charge in [-0.2, -0.15) is 5.10 Å². The molecule has 0 spiro atoms. The molecule has 10 heteroatoms. The molecule has 0 aliphatic heterocycles. The van der Waals surface area contributed by atoms with E-state index in [1.54, 1.807) is 0 Å². The van der Waals surface area contributed by atoms with Crippen LogP contribution in [-0.2, 0) is 19.9 Å². The van der Waals surface area contributed by atoms with Gasteiger partial charge in [0, 0.05) is 6.26 Å². The van der Waals surface area contributed by atoms with E-state index in [1.807, 2.05) is 4.72 Å². The second-order valence-electron chi connectivity index (χ2n) is 4.38. The first-order valence-electron chi connectivity index (χ1n) is 5.63. The highest BCUT2D eigenvalue weighted by Crippen LogP contribution is 2.23. The van der Waals surface area contributed by atoms with E-state index in [9.17, 15) is 21.2 Å². The third kappa shape index (κ3) is 3.22. The zero-order chi connectivity index (χ0) is 15.8. The van der Waals surface area contributed by atoms with Gasteiger partial charge in [-0.1, -0.05) is 0 Å². The van der Waals surface area contributed by atoms with Gasteiger partial charge in [0.2, 0.25) is 0 Å². The van der Waals surface area contributed by atoms with Crippen molar-refractivity contribution >= 4 is 25.5 Å². The molecule has 0 bridgehead atoms. The number of H-pyrrole nitrogens is 1. The number of aryl methyl sites for hydroxylation is 1. The van der Waals surface area contributed by atoms with Gasteiger partial charge < -0.3 is 0 Å². The Kier molecular flexibility index (Phi) is 3.76. The molecule has 21 heavy (non-hydrogen) atoms. The number of aromatic amines is 1. The number of nitrogens with zero attached hydrogens (tertiary/aromatic N) is 1. The number of halogens is 1. The van der Waals surface area contributed by atoms with E-state index >= 15 is 0 Å². The van der Waals surface area contributed by atoms with Gasteiger partial charge in [0.1, 0.15) is 10.7 Å². The lowest BCUT2D eigenvalue weighted by atomic mass is 10.3. The standard InChI is InChI=1S/C11H12FN3O4S2/c1-7-11(6-13-14-7)21(18,19)15-10-5-8(20(2,16)17)3-4-9(10)12/h3-6,15H,1-2H3,(H,13,14). The Hall–Kier alpha value is -1.94. The Balaban J connectivity index is 2.47. The SMILES string of the molecule is Cc1[nH]ncc1S(=O)(=O)Nc1cc(S(C)(=O)=O)ccc1F. The molecule has 0 saturated carbocycles. The summed E-state index contributed by atoms with van der Waals surface area (Å²) in [7, 11) is -7.64. The largest absolute Gasteiger partial charge is 0.281 e. The molecule has 0 amide bonds. The molecule has 0 aliphatic carbocycles. The van der Waals surface area contributed by atoms with E-state index in [0.717, 1.165) is 30.7 Å². The van der Waals surface area contributed by atoms with Gasteiger partial charge in [0.15, 0.2) is 9.84 Å². The van der Waals surface area contributed by atoms with Crippen molar-refractivity contribution in [1.82, 2.24) is 10.2 Å². The van der Waals surface area contributed by atoms with Gasteiger partial charge in [-0.05, 0) is 25.1 Å². The van der Waals surface area contributed by atoms with Crippen LogP contribution in [0.2, 0.25) is 0 Å². The number of hydrogen-bond acceptors (Lipinski definition) is 5. The van der Waals surface area contributed by atoms with Crippen molar-refractivity contribution in [3.63, 3.8) is 0 Å². The van der Waals surface area contributed by atoms with Crippen LogP contribution in [0.3, 0.4) is 0 Å². The van der Waals surface area contributed by atoms with Crippen molar-refractivity contribution in [1.29, 1.82) is 0 Å². The normalized spacial score (nSPS) is 12.3. The maximum absolute atomic E-state index is 13.7. The van der Waals surface area contributed by atoms with Gasteiger partial charge >= 0.3 is 0 Å². The van der Waals surface area contributed by atoms with E-state index in [4.69, 9.17) is 0 Å². The highest BCUT2D eigenvalue weighted by Gasteiger charge is 2.21. The Bertz CT molecular complexity index is 888. The number of sulfone groups is 1. The summed E-state index contributed by atoms with van der Waals surface area (Å²) in [5.41, 5.74) is -0.166. The zero-order valence-corrected chi connectivity index (χ0v) is 12.7. The third-order valence-corrected chi connectivity index (χ3v) is 5.27. The van der Waals surface area contributed by atoms with E-state index < -0.39 is 31.4 Å². The fraction of sp³-hybridized carbons (Fsp3) is 0.182. The van der Waals surface area contributed by atoms with Crippen LogP contribution in [0.4, 0.5) is 10.1 Å². The Labute approximate surface area is 121 Å². The predicted octanol–water partition coefficient (Wildman–Crippen LogP) is 1.06. The topological polar surface area (TPSA) is 109 Å². The van der Waals surface area contributed by atoms with Crippen molar-refractivity contribution in [2.24, 2.45) is 0 Å². The summed E-state index contributed by atoms with van der Waals surface area (Å²) in [6.45, 7) is 1.49. The minimum atomic E-state index is -4.06. The van der Waals surface area contributed by atoms with E-state index in [-0.39, 0.29) is 15.5 Å². The molecular weight excluding hydrogens is 321 g/mol. The molecular formula is C11H12FN3O4S2. The van der Waals surface area contributed by atoms with Crippen LogP contribution >= 0.6 is 0 Å². The van der Waals surface area contributed by atoms with Crippen molar-refractivity contribution in [3.05, 3.63) is 35.9 Å². The number of hydrogen-bond donors (Lipinski definition) is 2. The van der Waals surface area contributed by atoms with Crippen LogP contribution in [0, 0.1) is 12.7 Å². The summed E-state index contributed by atoms with van der Waals surface area (Å²) in [5.74, 6) is -0.882. The first-order chi connectivity index (χ1) is 9.61. The Morgan fingerprint density at radius 3 is 2.43 bits per heavy atom. The summed E-state index contributed by atoms with van der Waals surface area (Å²) in [5, 5.41) is 6.03. The first kappa shape index (κ1) is 15.4. The molecule has 0 atom stereocenters. The van der Waals surface area contributed by atoms with Crippen LogP contribution in [0.1, 0.15) is 5.69 Å². The molecule has 1 aromatic heterocycles. The lowest BCUT2D eigenvalue weighted by Gasteiger charge is -2.09. The number of nitrogens with one attached hydrogen (secondary N) is 2. The number of benzene rings is 1. The Morgan fingerprint density at radius 2 is 1.90 bits per heavy atom. The number of rotatable bonds is 4. The molecule has 1 heterocycles. The van der Waals surface area contributed by atoms with Crippen LogP contribution in [0.15, 0.2) is 34.2 Å². The fourth-order valence-electron chi connectivity index (χ4n) is 1.62. The molecule has 2 aromatic rings. The molecule has 0 aliphatic rings. The van der Waals surface area contributed by atoms with Gasteiger partial charge in [0.25, 0.3) is 10.0 Å². The maximum Gasteiger partial charge on any atom is 0.265 e. The van der Waals surface area contributed by atoms with Gasteiger partial charge in [0.05, 0.1) is 22.5 Å². The fourth-order valence-corrected chi connectivity index (χ4v) is 3.47. The number of aromatic nitrogens is 2. The summed E-state index contributed by atoms with van der Waals surface area (Å²) < 4.78 is 62.8. The molecule has 2 rings (SSSR count). The quantitative estimate of drug-likeness (QED) is 0.813. The first-order valence-corrected chi connectivity index (χ1v) is 9.01. The molecule has 114 valence electrons. The average molecular weight is 333 g/mol. The maximum atomic E-state index is 13.7. The lowest BCUT2D eigenvalue weighted by Crippen LogP contribution is -2.15. The summed E-state index contributed by atoms with van der Waals surface area (Å²) in [6.07, 6.45) is 2.02. The third-order valence-electron chi connectivity index (χ3n) is 2.68. The molecule has 0 fully saturated rings. The minimum Gasteiger partial charge on any atom is -0.281 e. The average Bonchev–Trinajstić information content (AvgIpc) is 2.77. The lowest BCUT2D eigenvalue weighted by molar-refractivity contribution is 0.595. The molecule has 0 unspecified atom stereocenters. The molecule has 0 radical (unpaired) electrons. The zero-order valence-electron chi connectivity index (χ0n) is 11.1. The van der Waals surface area contributed by atoms with Crippen molar-refractivity contribution in [3.8, 4) is 0 Å². The summed E-state index contributed by atoms with van der Waals surface area (Å²) >= 11 is 0. The molecule has 7 nitrogen and oxygen atoms in total. The summed E-state index contributed by atoms with van der Waals surface area (Å²) in [6, 6.07) is 2.87. The number of anilines is 1. The van der Waals surface area contributed by atoms with Gasteiger partial charge in [-0.15, -0.1) is 0 Å². The van der Waals surface area contributed by atoms with Gasteiger partial charge in [-0.25, -0.2) is 21.2 Å². The van der Waals surface area contributed by atoms with Crippen LogP contribution in [0.25, 0.3) is 0 Å². The monoisotopic (exact) mass is 333 g/mol. The van der Waals surface area contributed by atoms with Crippen LogP contribution in [0.5, 0.6) is 0 Å². The highest BCUT2D eigenvalue weighted by atomic mass is 32.2. The van der Waals surface area contributed by atoms with E-state index in [0.29, 0.717) is 0 Å². The minimum absolute atomic E-state index is 0.147.